The number of halogens is 2. The fraction of sp³-hybridized carbons (Fsp3) is 0.0870. The van der Waals surface area contributed by atoms with Crippen molar-refractivity contribution in [3.8, 4) is 22.8 Å². The number of aromatic nitrogens is 3. The summed E-state index contributed by atoms with van der Waals surface area (Å²) in [5.41, 5.74) is 2.34. The van der Waals surface area contributed by atoms with Crippen LogP contribution >= 0.6 is 39.3 Å². The summed E-state index contributed by atoms with van der Waals surface area (Å²) in [5, 5.41) is 12.9. The highest BCUT2D eigenvalue weighted by Gasteiger charge is 2.19. The van der Waals surface area contributed by atoms with Crippen LogP contribution in [0.2, 0.25) is 5.02 Å². The van der Waals surface area contributed by atoms with E-state index in [4.69, 9.17) is 16.3 Å². The van der Waals surface area contributed by atoms with E-state index in [0.29, 0.717) is 21.8 Å². The molecule has 0 saturated heterocycles. The summed E-state index contributed by atoms with van der Waals surface area (Å²) >= 11 is 10.8. The molecule has 6 nitrogen and oxygen atoms in total. The number of rotatable bonds is 7. The van der Waals surface area contributed by atoms with Gasteiger partial charge >= 0.3 is 0 Å². The van der Waals surface area contributed by atoms with Crippen LogP contribution in [0.5, 0.6) is 5.75 Å². The van der Waals surface area contributed by atoms with Crippen molar-refractivity contribution in [3.05, 3.63) is 82.3 Å². The van der Waals surface area contributed by atoms with Crippen molar-refractivity contribution in [3.63, 3.8) is 0 Å². The minimum absolute atomic E-state index is 0.141. The van der Waals surface area contributed by atoms with Crippen LogP contribution in [-0.4, -0.2) is 33.5 Å². The lowest BCUT2D eigenvalue weighted by atomic mass is 10.2. The van der Waals surface area contributed by atoms with Gasteiger partial charge in [-0.2, -0.15) is 0 Å². The Morgan fingerprint density at radius 2 is 1.88 bits per heavy atom. The first kappa shape index (κ1) is 22.4. The normalized spacial score (nSPS) is 10.7. The third kappa shape index (κ3) is 5.15. The molecule has 1 N–H and O–H groups in total. The SMILES string of the molecule is COc1ccccc1-c1nnc(SCC(=O)Nc2cccc(Br)c2)n1-c1ccc(Cl)cc1. The Labute approximate surface area is 203 Å². The largest absolute Gasteiger partial charge is 0.496 e. The monoisotopic (exact) mass is 528 g/mol. The zero-order valence-electron chi connectivity index (χ0n) is 17.0. The summed E-state index contributed by atoms with van der Waals surface area (Å²) in [4.78, 5) is 12.5. The van der Waals surface area contributed by atoms with E-state index in [1.807, 2.05) is 65.2 Å². The van der Waals surface area contributed by atoms with Gasteiger partial charge in [-0.25, -0.2) is 0 Å². The topological polar surface area (TPSA) is 69.0 Å². The summed E-state index contributed by atoms with van der Waals surface area (Å²) in [5.74, 6) is 1.32. The van der Waals surface area contributed by atoms with Crippen LogP contribution in [-0.2, 0) is 4.79 Å². The molecule has 9 heteroatoms. The third-order valence-electron chi connectivity index (χ3n) is 4.51. The molecule has 32 heavy (non-hydrogen) atoms. The minimum Gasteiger partial charge on any atom is -0.496 e. The Morgan fingerprint density at radius 1 is 1.09 bits per heavy atom. The van der Waals surface area contributed by atoms with E-state index in [0.717, 1.165) is 21.4 Å². The second-order valence-corrected chi connectivity index (χ2v) is 8.96. The molecule has 1 aromatic heterocycles. The predicted octanol–water partition coefficient (Wildman–Crippen LogP) is 6.09. The van der Waals surface area contributed by atoms with Crippen molar-refractivity contribution in [2.45, 2.75) is 5.16 Å². The standard InChI is InChI=1S/C23H18BrClN4O2S/c1-31-20-8-3-2-7-19(20)22-27-28-23(29(22)18-11-9-16(25)10-12-18)32-14-21(30)26-17-6-4-5-15(24)13-17/h2-13H,14H2,1H3,(H,26,30). The molecule has 1 amide bonds. The summed E-state index contributed by atoms with van der Waals surface area (Å²) in [7, 11) is 1.61. The molecule has 0 aliphatic heterocycles. The van der Waals surface area contributed by atoms with Crippen LogP contribution in [0.15, 0.2) is 82.4 Å². The number of methoxy groups -OCH3 is 1. The smallest absolute Gasteiger partial charge is 0.234 e. The summed E-state index contributed by atoms with van der Waals surface area (Å²) in [6.45, 7) is 0. The van der Waals surface area contributed by atoms with Crippen molar-refractivity contribution in [1.82, 2.24) is 14.8 Å². The molecule has 4 aromatic rings. The van der Waals surface area contributed by atoms with Crippen LogP contribution in [0.4, 0.5) is 5.69 Å². The molecule has 0 aliphatic rings. The molecular formula is C23H18BrClN4O2S. The zero-order valence-corrected chi connectivity index (χ0v) is 20.1. The Balaban J connectivity index is 1.64. The van der Waals surface area contributed by atoms with Crippen molar-refractivity contribution in [2.75, 3.05) is 18.2 Å². The highest BCUT2D eigenvalue weighted by atomic mass is 79.9. The molecule has 3 aromatic carbocycles. The number of carbonyl (C=O) groups excluding carboxylic acids is 1. The number of para-hydroxylation sites is 1. The molecule has 0 spiro atoms. The van der Waals surface area contributed by atoms with Gasteiger partial charge in [0.2, 0.25) is 5.91 Å². The van der Waals surface area contributed by atoms with Crippen LogP contribution in [0.25, 0.3) is 17.1 Å². The molecule has 0 bridgehead atoms. The van der Waals surface area contributed by atoms with E-state index < -0.39 is 0 Å². The van der Waals surface area contributed by atoms with Gasteiger partial charge in [-0.05, 0) is 54.6 Å². The second kappa shape index (κ2) is 10.2. The minimum atomic E-state index is -0.141. The fourth-order valence-corrected chi connectivity index (χ4v) is 4.36. The van der Waals surface area contributed by atoms with Crippen LogP contribution in [0.3, 0.4) is 0 Å². The van der Waals surface area contributed by atoms with Gasteiger partial charge in [-0.3, -0.25) is 9.36 Å². The van der Waals surface area contributed by atoms with Crippen molar-refractivity contribution in [2.24, 2.45) is 0 Å². The molecule has 0 radical (unpaired) electrons. The lowest BCUT2D eigenvalue weighted by Gasteiger charge is -2.12. The highest BCUT2D eigenvalue weighted by molar-refractivity contribution is 9.10. The number of nitrogens with one attached hydrogen (secondary N) is 1. The van der Waals surface area contributed by atoms with E-state index in [2.05, 4.69) is 31.4 Å². The number of benzene rings is 3. The first-order valence-corrected chi connectivity index (χ1v) is 11.7. The molecule has 0 unspecified atom stereocenters. The number of amides is 1. The summed E-state index contributed by atoms with van der Waals surface area (Å²) < 4.78 is 8.31. The lowest BCUT2D eigenvalue weighted by molar-refractivity contribution is -0.113. The van der Waals surface area contributed by atoms with Crippen molar-refractivity contribution >= 4 is 50.9 Å². The molecule has 0 aliphatic carbocycles. The predicted molar refractivity (Wildman–Crippen MR) is 132 cm³/mol. The maximum absolute atomic E-state index is 12.5. The lowest BCUT2D eigenvalue weighted by Crippen LogP contribution is -2.14. The Bertz CT molecular complexity index is 1250. The van der Waals surface area contributed by atoms with Gasteiger partial charge in [0.05, 0.1) is 18.4 Å². The summed E-state index contributed by atoms with van der Waals surface area (Å²) in [6.07, 6.45) is 0. The van der Waals surface area contributed by atoms with Crippen LogP contribution in [0.1, 0.15) is 0 Å². The molecular weight excluding hydrogens is 512 g/mol. The number of thioether (sulfide) groups is 1. The molecule has 0 fully saturated rings. The maximum atomic E-state index is 12.5. The maximum Gasteiger partial charge on any atom is 0.234 e. The number of ether oxygens (including phenoxy) is 1. The van der Waals surface area contributed by atoms with E-state index in [1.54, 1.807) is 19.2 Å². The first-order valence-electron chi connectivity index (χ1n) is 9.58. The molecule has 0 saturated carbocycles. The number of hydrogen-bond donors (Lipinski definition) is 1. The number of carbonyl (C=O) groups is 1. The van der Waals surface area contributed by atoms with Gasteiger partial charge in [-0.15, -0.1) is 10.2 Å². The first-order chi connectivity index (χ1) is 15.5. The Kier molecular flexibility index (Phi) is 7.14. The van der Waals surface area contributed by atoms with Crippen LogP contribution in [0, 0.1) is 0 Å². The van der Waals surface area contributed by atoms with E-state index >= 15 is 0 Å². The Hall–Kier alpha value is -2.81. The van der Waals surface area contributed by atoms with Gasteiger partial charge in [0, 0.05) is 20.9 Å². The average Bonchev–Trinajstić information content (AvgIpc) is 3.22. The van der Waals surface area contributed by atoms with Gasteiger partial charge in [-0.1, -0.05) is 57.5 Å². The van der Waals surface area contributed by atoms with Crippen molar-refractivity contribution < 1.29 is 9.53 Å². The van der Waals surface area contributed by atoms with Crippen LogP contribution < -0.4 is 10.1 Å². The number of hydrogen-bond acceptors (Lipinski definition) is 5. The third-order valence-corrected chi connectivity index (χ3v) is 6.18. The number of anilines is 1. The highest BCUT2D eigenvalue weighted by Crippen LogP contribution is 2.33. The van der Waals surface area contributed by atoms with Gasteiger partial charge in [0.25, 0.3) is 0 Å². The summed E-state index contributed by atoms with van der Waals surface area (Å²) in [6, 6.07) is 22.4. The molecule has 0 atom stereocenters. The van der Waals surface area contributed by atoms with Gasteiger partial charge in [0.1, 0.15) is 5.75 Å². The van der Waals surface area contributed by atoms with Gasteiger partial charge in [0.15, 0.2) is 11.0 Å². The quantitative estimate of drug-likeness (QED) is 0.293. The molecule has 162 valence electrons. The van der Waals surface area contributed by atoms with E-state index in [9.17, 15) is 4.79 Å². The van der Waals surface area contributed by atoms with Gasteiger partial charge < -0.3 is 10.1 Å². The van der Waals surface area contributed by atoms with E-state index in [1.165, 1.54) is 11.8 Å². The Morgan fingerprint density at radius 3 is 2.62 bits per heavy atom. The zero-order chi connectivity index (χ0) is 22.5. The molecule has 4 rings (SSSR count). The average molecular weight is 530 g/mol. The van der Waals surface area contributed by atoms with Crippen molar-refractivity contribution in [1.29, 1.82) is 0 Å². The second-order valence-electron chi connectivity index (χ2n) is 6.67. The number of nitrogens with zero attached hydrogens (tertiary/aromatic N) is 3. The molecule has 1 heterocycles. The van der Waals surface area contributed by atoms with E-state index in [-0.39, 0.29) is 11.7 Å². The fourth-order valence-electron chi connectivity index (χ4n) is 3.08.